The fourth-order valence-electron chi connectivity index (χ4n) is 1.96. The van der Waals surface area contributed by atoms with Crippen LogP contribution in [0.3, 0.4) is 0 Å². The average molecular weight is 339 g/mol. The molecule has 0 unspecified atom stereocenters. The highest BCUT2D eigenvalue weighted by molar-refractivity contribution is 9.10. The highest BCUT2D eigenvalue weighted by Gasteiger charge is 2.03. The standard InChI is InChI=1S/C15H19BrN2S/c1-18(7-6-15-8-14(16)11-19-15)10-13-4-2-12(9-17)3-5-13/h2-5,8,11H,6-7,9-10,17H2,1H3. The van der Waals surface area contributed by atoms with Gasteiger partial charge in [-0.15, -0.1) is 11.3 Å². The van der Waals surface area contributed by atoms with Crippen LogP contribution >= 0.6 is 27.3 Å². The zero-order valence-corrected chi connectivity index (χ0v) is 13.5. The Labute approximate surface area is 127 Å². The van der Waals surface area contributed by atoms with Crippen LogP contribution in [-0.4, -0.2) is 18.5 Å². The normalized spacial score (nSPS) is 11.2. The molecule has 0 spiro atoms. The molecule has 2 nitrogen and oxygen atoms in total. The molecule has 0 aliphatic carbocycles. The second-order valence-corrected chi connectivity index (χ2v) is 6.65. The van der Waals surface area contributed by atoms with Crippen molar-refractivity contribution in [2.75, 3.05) is 13.6 Å². The van der Waals surface area contributed by atoms with Crippen molar-refractivity contribution in [1.29, 1.82) is 0 Å². The van der Waals surface area contributed by atoms with Gasteiger partial charge in [-0.2, -0.15) is 0 Å². The van der Waals surface area contributed by atoms with Crippen molar-refractivity contribution < 1.29 is 0 Å². The summed E-state index contributed by atoms with van der Waals surface area (Å²) in [6, 6.07) is 10.8. The predicted octanol–water partition coefficient (Wildman–Crippen LogP) is 3.64. The lowest BCUT2D eigenvalue weighted by Gasteiger charge is -2.16. The Hall–Kier alpha value is -0.680. The summed E-state index contributed by atoms with van der Waals surface area (Å²) in [6.07, 6.45) is 1.10. The molecular formula is C15H19BrN2S. The Balaban J connectivity index is 1.81. The van der Waals surface area contributed by atoms with E-state index >= 15 is 0 Å². The first kappa shape index (κ1) is 14.7. The Morgan fingerprint density at radius 3 is 2.47 bits per heavy atom. The quantitative estimate of drug-likeness (QED) is 0.871. The topological polar surface area (TPSA) is 29.3 Å². The van der Waals surface area contributed by atoms with E-state index in [2.05, 4.69) is 63.6 Å². The molecule has 2 N–H and O–H groups in total. The number of benzene rings is 1. The molecule has 0 bridgehead atoms. The van der Waals surface area contributed by atoms with Crippen LogP contribution in [-0.2, 0) is 19.5 Å². The van der Waals surface area contributed by atoms with Gasteiger partial charge in [0.25, 0.3) is 0 Å². The molecule has 0 fully saturated rings. The van der Waals surface area contributed by atoms with E-state index in [1.54, 1.807) is 0 Å². The number of rotatable bonds is 6. The number of hydrogen-bond donors (Lipinski definition) is 1. The maximum Gasteiger partial charge on any atom is 0.0285 e. The summed E-state index contributed by atoms with van der Waals surface area (Å²) in [5.41, 5.74) is 8.13. The molecule has 2 rings (SSSR count). The van der Waals surface area contributed by atoms with Crippen molar-refractivity contribution in [2.24, 2.45) is 5.73 Å². The molecule has 0 aliphatic rings. The van der Waals surface area contributed by atoms with Gasteiger partial charge in [0.15, 0.2) is 0 Å². The molecule has 0 aliphatic heterocycles. The first-order chi connectivity index (χ1) is 9.17. The van der Waals surface area contributed by atoms with Crippen molar-refractivity contribution in [2.45, 2.75) is 19.5 Å². The van der Waals surface area contributed by atoms with Gasteiger partial charge in [-0.3, -0.25) is 0 Å². The highest BCUT2D eigenvalue weighted by atomic mass is 79.9. The Kier molecular flexibility index (Phi) is 5.58. The second kappa shape index (κ2) is 7.20. The number of nitrogens with zero attached hydrogens (tertiary/aromatic N) is 1. The lowest BCUT2D eigenvalue weighted by atomic mass is 10.1. The van der Waals surface area contributed by atoms with Crippen LogP contribution in [0, 0.1) is 0 Å². The Morgan fingerprint density at radius 1 is 1.21 bits per heavy atom. The minimum absolute atomic E-state index is 0.614. The van der Waals surface area contributed by atoms with Gasteiger partial charge in [-0.1, -0.05) is 24.3 Å². The molecular weight excluding hydrogens is 320 g/mol. The molecule has 4 heteroatoms. The molecule has 19 heavy (non-hydrogen) atoms. The molecule has 0 saturated heterocycles. The summed E-state index contributed by atoms with van der Waals surface area (Å²) in [6.45, 7) is 2.67. The summed E-state index contributed by atoms with van der Waals surface area (Å²) < 4.78 is 1.19. The third-order valence-corrected chi connectivity index (χ3v) is 4.83. The molecule has 102 valence electrons. The van der Waals surface area contributed by atoms with E-state index in [0.29, 0.717) is 6.54 Å². The van der Waals surface area contributed by atoms with E-state index in [1.165, 1.54) is 20.5 Å². The molecule has 0 amide bonds. The monoisotopic (exact) mass is 338 g/mol. The number of hydrogen-bond acceptors (Lipinski definition) is 3. The molecule has 0 saturated carbocycles. The van der Waals surface area contributed by atoms with Gasteiger partial charge >= 0.3 is 0 Å². The largest absolute Gasteiger partial charge is 0.326 e. The van der Waals surface area contributed by atoms with Gasteiger partial charge in [-0.05, 0) is 46.6 Å². The molecule has 1 aromatic heterocycles. The van der Waals surface area contributed by atoms with E-state index < -0.39 is 0 Å². The minimum Gasteiger partial charge on any atom is -0.326 e. The Bertz CT molecular complexity index is 507. The summed E-state index contributed by atoms with van der Waals surface area (Å²) >= 11 is 5.31. The second-order valence-electron chi connectivity index (χ2n) is 4.74. The van der Waals surface area contributed by atoms with Gasteiger partial charge in [0.2, 0.25) is 0 Å². The average Bonchev–Trinajstić information content (AvgIpc) is 2.83. The van der Waals surface area contributed by atoms with Crippen molar-refractivity contribution in [3.05, 3.63) is 56.2 Å². The van der Waals surface area contributed by atoms with Crippen LogP contribution < -0.4 is 5.73 Å². The maximum atomic E-state index is 5.60. The summed E-state index contributed by atoms with van der Waals surface area (Å²) in [4.78, 5) is 3.78. The lowest BCUT2D eigenvalue weighted by molar-refractivity contribution is 0.332. The summed E-state index contributed by atoms with van der Waals surface area (Å²) in [7, 11) is 2.17. The van der Waals surface area contributed by atoms with Crippen molar-refractivity contribution in [3.8, 4) is 0 Å². The first-order valence-corrected chi connectivity index (χ1v) is 8.04. The highest BCUT2D eigenvalue weighted by Crippen LogP contribution is 2.20. The summed E-state index contributed by atoms with van der Waals surface area (Å²) in [5, 5.41) is 2.14. The van der Waals surface area contributed by atoms with Gasteiger partial charge in [0.1, 0.15) is 0 Å². The number of thiophene rings is 1. The van der Waals surface area contributed by atoms with Crippen LogP contribution in [0.1, 0.15) is 16.0 Å². The van der Waals surface area contributed by atoms with Crippen LogP contribution in [0.5, 0.6) is 0 Å². The zero-order chi connectivity index (χ0) is 13.7. The molecule has 1 heterocycles. The van der Waals surface area contributed by atoms with Crippen LogP contribution in [0.4, 0.5) is 0 Å². The third kappa shape index (κ3) is 4.73. The first-order valence-electron chi connectivity index (χ1n) is 6.36. The van der Waals surface area contributed by atoms with E-state index in [9.17, 15) is 0 Å². The van der Waals surface area contributed by atoms with Crippen LogP contribution in [0.25, 0.3) is 0 Å². The fraction of sp³-hybridized carbons (Fsp3) is 0.333. The van der Waals surface area contributed by atoms with E-state index in [4.69, 9.17) is 5.73 Å². The SMILES string of the molecule is CN(CCc1cc(Br)cs1)Cc1ccc(CN)cc1. The molecule has 0 radical (unpaired) electrons. The minimum atomic E-state index is 0.614. The van der Waals surface area contributed by atoms with Crippen molar-refractivity contribution in [1.82, 2.24) is 4.90 Å². The predicted molar refractivity (Wildman–Crippen MR) is 86.4 cm³/mol. The molecule has 0 atom stereocenters. The zero-order valence-electron chi connectivity index (χ0n) is 11.1. The van der Waals surface area contributed by atoms with Gasteiger partial charge in [0.05, 0.1) is 0 Å². The van der Waals surface area contributed by atoms with E-state index in [-0.39, 0.29) is 0 Å². The van der Waals surface area contributed by atoms with Crippen molar-refractivity contribution >= 4 is 27.3 Å². The van der Waals surface area contributed by atoms with Crippen LogP contribution in [0.2, 0.25) is 0 Å². The number of likely N-dealkylation sites (N-methyl/N-ethyl adjacent to an activating group) is 1. The van der Waals surface area contributed by atoms with Crippen molar-refractivity contribution in [3.63, 3.8) is 0 Å². The van der Waals surface area contributed by atoms with Crippen LogP contribution in [0.15, 0.2) is 40.2 Å². The lowest BCUT2D eigenvalue weighted by Crippen LogP contribution is -2.20. The van der Waals surface area contributed by atoms with Gasteiger partial charge in [-0.25, -0.2) is 0 Å². The number of nitrogens with two attached hydrogens (primary N) is 1. The van der Waals surface area contributed by atoms with Gasteiger partial charge in [0, 0.05) is 34.4 Å². The van der Waals surface area contributed by atoms with E-state index in [1.807, 2.05) is 11.3 Å². The number of halogens is 1. The molecule has 1 aromatic carbocycles. The Morgan fingerprint density at radius 2 is 1.89 bits per heavy atom. The smallest absolute Gasteiger partial charge is 0.0285 e. The van der Waals surface area contributed by atoms with Gasteiger partial charge < -0.3 is 10.6 Å². The maximum absolute atomic E-state index is 5.60. The summed E-state index contributed by atoms with van der Waals surface area (Å²) in [5.74, 6) is 0. The third-order valence-electron chi connectivity index (χ3n) is 3.07. The molecule has 2 aromatic rings. The van der Waals surface area contributed by atoms with E-state index in [0.717, 1.165) is 19.5 Å². The fourth-order valence-corrected chi connectivity index (χ4v) is 3.40.